The Kier molecular flexibility index (Phi) is 7.57. The van der Waals surface area contributed by atoms with Crippen molar-refractivity contribution in [2.45, 2.75) is 39.0 Å². The third-order valence-electron chi connectivity index (χ3n) is 7.43. The number of nitrogens with zero attached hydrogens (tertiary/aromatic N) is 3. The van der Waals surface area contributed by atoms with E-state index in [0.717, 1.165) is 18.1 Å². The number of aromatic nitrogens is 3. The van der Waals surface area contributed by atoms with Crippen molar-refractivity contribution in [1.82, 2.24) is 14.5 Å². The van der Waals surface area contributed by atoms with Gasteiger partial charge in [-0.05, 0) is 55.3 Å². The van der Waals surface area contributed by atoms with Crippen molar-refractivity contribution in [1.29, 1.82) is 0 Å². The van der Waals surface area contributed by atoms with Crippen LogP contribution < -0.4 is 4.74 Å². The highest BCUT2D eigenvalue weighted by molar-refractivity contribution is 5.92. The standard InChI is InChI=1S/C32H25F4N3O4/c1-17-5-6-19(23(33)11-17)16-43-29-4-2-3-25(38-29)22-13-24(34)21(30(35)31(22)36)14-28-37-26-8-7-18(32(40)41)12-27(26)39(28)15-20-9-10-42-20/h2-8,11-13,20H,9-10,14-16H2,1H3,(H,40,41)/t20-/m0/s1. The van der Waals surface area contributed by atoms with Crippen LogP contribution in [0.15, 0.2) is 60.7 Å². The predicted molar refractivity (Wildman–Crippen MR) is 149 cm³/mol. The third-order valence-corrected chi connectivity index (χ3v) is 7.43. The molecule has 1 N–H and O–H groups in total. The molecule has 0 radical (unpaired) electrons. The molecule has 43 heavy (non-hydrogen) atoms. The number of pyridine rings is 1. The Hall–Kier alpha value is -4.77. The van der Waals surface area contributed by atoms with Crippen LogP contribution in [0.3, 0.4) is 0 Å². The van der Waals surface area contributed by atoms with Gasteiger partial charge in [-0.2, -0.15) is 0 Å². The highest BCUT2D eigenvalue weighted by Crippen LogP contribution is 2.31. The van der Waals surface area contributed by atoms with Crippen LogP contribution >= 0.6 is 0 Å². The number of ether oxygens (including phenoxy) is 2. The Labute approximate surface area is 243 Å². The van der Waals surface area contributed by atoms with Gasteiger partial charge in [-0.25, -0.2) is 32.3 Å². The quantitative estimate of drug-likeness (QED) is 0.153. The van der Waals surface area contributed by atoms with Gasteiger partial charge in [0.2, 0.25) is 5.88 Å². The minimum atomic E-state index is -1.39. The van der Waals surface area contributed by atoms with Gasteiger partial charge in [0, 0.05) is 35.8 Å². The number of halogens is 4. The first-order chi connectivity index (χ1) is 20.7. The molecule has 0 amide bonds. The van der Waals surface area contributed by atoms with Crippen molar-refractivity contribution < 1.29 is 36.9 Å². The summed E-state index contributed by atoms with van der Waals surface area (Å²) < 4.78 is 73.3. The molecule has 0 saturated carbocycles. The van der Waals surface area contributed by atoms with E-state index < -0.39 is 46.8 Å². The second kappa shape index (κ2) is 11.5. The van der Waals surface area contributed by atoms with Crippen LogP contribution in [0, 0.1) is 30.2 Å². The summed E-state index contributed by atoms with van der Waals surface area (Å²) >= 11 is 0. The zero-order valence-electron chi connectivity index (χ0n) is 22.9. The molecule has 1 fully saturated rings. The lowest BCUT2D eigenvalue weighted by molar-refractivity contribution is -0.0589. The first-order valence-electron chi connectivity index (χ1n) is 13.5. The van der Waals surface area contributed by atoms with Gasteiger partial charge >= 0.3 is 5.97 Å². The van der Waals surface area contributed by atoms with E-state index in [-0.39, 0.29) is 35.7 Å². The van der Waals surface area contributed by atoms with Gasteiger partial charge in [0.1, 0.15) is 24.1 Å². The molecule has 0 unspecified atom stereocenters. The lowest BCUT2D eigenvalue weighted by Gasteiger charge is -2.27. The van der Waals surface area contributed by atoms with Gasteiger partial charge < -0.3 is 19.1 Å². The predicted octanol–water partition coefficient (Wildman–Crippen LogP) is 6.62. The van der Waals surface area contributed by atoms with Crippen molar-refractivity contribution in [3.8, 4) is 17.1 Å². The van der Waals surface area contributed by atoms with Gasteiger partial charge in [-0.3, -0.25) is 0 Å². The maximum atomic E-state index is 15.5. The molecule has 2 aromatic heterocycles. The summed E-state index contributed by atoms with van der Waals surface area (Å²) in [7, 11) is 0. The van der Waals surface area contributed by atoms with Crippen LogP contribution in [0.2, 0.25) is 0 Å². The molecule has 5 aromatic rings. The fraction of sp³-hybridized carbons (Fsp3) is 0.219. The molecule has 3 heterocycles. The topological polar surface area (TPSA) is 86.5 Å². The largest absolute Gasteiger partial charge is 0.478 e. The maximum absolute atomic E-state index is 15.5. The number of imidazole rings is 1. The van der Waals surface area contributed by atoms with Crippen molar-refractivity contribution in [3.63, 3.8) is 0 Å². The third kappa shape index (κ3) is 5.68. The molecule has 0 bridgehead atoms. The van der Waals surface area contributed by atoms with Crippen LogP contribution in [-0.4, -0.2) is 38.3 Å². The van der Waals surface area contributed by atoms with E-state index >= 15 is 13.2 Å². The van der Waals surface area contributed by atoms with E-state index in [1.54, 1.807) is 23.6 Å². The van der Waals surface area contributed by atoms with Crippen molar-refractivity contribution >= 4 is 17.0 Å². The Morgan fingerprint density at radius 3 is 2.56 bits per heavy atom. The fourth-order valence-corrected chi connectivity index (χ4v) is 4.98. The number of rotatable bonds is 9. The molecule has 0 spiro atoms. The Bertz CT molecular complexity index is 1870. The molecule has 11 heteroatoms. The average molecular weight is 592 g/mol. The van der Waals surface area contributed by atoms with Crippen LogP contribution in [0.1, 0.15) is 39.3 Å². The fourth-order valence-electron chi connectivity index (χ4n) is 4.98. The van der Waals surface area contributed by atoms with Crippen molar-refractivity contribution in [2.75, 3.05) is 6.61 Å². The normalized spacial score (nSPS) is 14.6. The lowest BCUT2D eigenvalue weighted by atomic mass is 10.0. The molecule has 6 rings (SSSR count). The number of carbonyl (C=O) groups is 1. The number of carboxylic acid groups (broad SMARTS) is 1. The summed E-state index contributed by atoms with van der Waals surface area (Å²) in [5, 5.41) is 9.44. The highest BCUT2D eigenvalue weighted by Gasteiger charge is 2.26. The molecular weight excluding hydrogens is 566 g/mol. The Morgan fingerprint density at radius 1 is 1.02 bits per heavy atom. The van der Waals surface area contributed by atoms with Crippen molar-refractivity contribution in [3.05, 3.63) is 112 Å². The van der Waals surface area contributed by atoms with E-state index in [4.69, 9.17) is 9.47 Å². The van der Waals surface area contributed by atoms with E-state index in [1.165, 1.54) is 42.5 Å². The second-order valence-corrected chi connectivity index (χ2v) is 10.4. The van der Waals surface area contributed by atoms with Gasteiger partial charge in [-0.1, -0.05) is 18.2 Å². The zero-order chi connectivity index (χ0) is 30.2. The van der Waals surface area contributed by atoms with E-state index in [0.29, 0.717) is 29.7 Å². The summed E-state index contributed by atoms with van der Waals surface area (Å²) in [6, 6.07) is 14.2. The molecular formula is C32H25F4N3O4. The van der Waals surface area contributed by atoms with Gasteiger partial charge in [0.25, 0.3) is 0 Å². The van der Waals surface area contributed by atoms with E-state index in [9.17, 15) is 14.3 Å². The van der Waals surface area contributed by atoms with Crippen LogP contribution in [0.4, 0.5) is 17.6 Å². The molecule has 220 valence electrons. The van der Waals surface area contributed by atoms with Gasteiger partial charge in [0.05, 0.1) is 34.9 Å². The monoisotopic (exact) mass is 591 g/mol. The van der Waals surface area contributed by atoms with E-state index in [1.807, 2.05) is 0 Å². The number of hydrogen-bond donors (Lipinski definition) is 1. The summed E-state index contributed by atoms with van der Waals surface area (Å²) in [5.41, 5.74) is 0.963. The lowest BCUT2D eigenvalue weighted by Crippen LogP contribution is -2.31. The smallest absolute Gasteiger partial charge is 0.335 e. The highest BCUT2D eigenvalue weighted by atomic mass is 19.2. The van der Waals surface area contributed by atoms with E-state index in [2.05, 4.69) is 9.97 Å². The van der Waals surface area contributed by atoms with Crippen molar-refractivity contribution in [2.24, 2.45) is 0 Å². The molecule has 1 saturated heterocycles. The number of aromatic carboxylic acids is 1. The van der Waals surface area contributed by atoms with Crippen LogP contribution in [-0.2, 0) is 24.3 Å². The van der Waals surface area contributed by atoms with Gasteiger partial charge in [0.15, 0.2) is 11.6 Å². The summed E-state index contributed by atoms with van der Waals surface area (Å²) in [6.07, 6.45) is 0.207. The summed E-state index contributed by atoms with van der Waals surface area (Å²) in [5.74, 6) is -5.02. The van der Waals surface area contributed by atoms with Crippen LogP contribution in [0.25, 0.3) is 22.3 Å². The molecule has 7 nitrogen and oxygen atoms in total. The summed E-state index contributed by atoms with van der Waals surface area (Å²) in [4.78, 5) is 20.2. The average Bonchev–Trinajstić information content (AvgIpc) is 3.30. The minimum Gasteiger partial charge on any atom is -0.478 e. The molecule has 0 aliphatic carbocycles. The second-order valence-electron chi connectivity index (χ2n) is 10.4. The number of fused-ring (bicyclic) bond motifs is 1. The maximum Gasteiger partial charge on any atom is 0.335 e. The Morgan fingerprint density at radius 2 is 1.84 bits per heavy atom. The molecule has 1 aliphatic rings. The number of benzene rings is 3. The first-order valence-corrected chi connectivity index (χ1v) is 13.5. The molecule has 1 atom stereocenters. The number of aryl methyl sites for hydroxylation is 1. The number of hydrogen-bond acceptors (Lipinski definition) is 5. The molecule has 1 aliphatic heterocycles. The SMILES string of the molecule is Cc1ccc(COc2cccc(-c3cc(F)c(Cc4nc5ccc(C(=O)O)cc5n4C[C@@H]4CCO4)c(F)c3F)n2)c(F)c1. The number of carboxylic acids is 1. The minimum absolute atomic E-state index is 0.0226. The van der Waals surface area contributed by atoms with Crippen LogP contribution in [0.5, 0.6) is 5.88 Å². The summed E-state index contributed by atoms with van der Waals surface area (Å²) in [6.45, 7) is 2.48. The van der Waals surface area contributed by atoms with Gasteiger partial charge in [-0.15, -0.1) is 0 Å². The first kappa shape index (κ1) is 28.4. The zero-order valence-corrected chi connectivity index (χ0v) is 22.9. The Balaban J connectivity index is 1.30. The molecule has 3 aromatic carbocycles.